The number of rotatable bonds is 6. The summed E-state index contributed by atoms with van der Waals surface area (Å²) >= 11 is 0. The van der Waals surface area contributed by atoms with Crippen molar-refractivity contribution in [3.8, 4) is 11.5 Å². The summed E-state index contributed by atoms with van der Waals surface area (Å²) in [6.07, 6.45) is 2.56. The summed E-state index contributed by atoms with van der Waals surface area (Å²) < 4.78 is 10.8. The van der Waals surface area contributed by atoms with Gasteiger partial charge in [-0.3, -0.25) is 4.79 Å². The van der Waals surface area contributed by atoms with E-state index in [0.717, 1.165) is 36.8 Å². The van der Waals surface area contributed by atoms with Gasteiger partial charge in [-0.2, -0.15) is 0 Å². The van der Waals surface area contributed by atoms with Gasteiger partial charge in [-0.05, 0) is 47.7 Å². The number of aromatic nitrogens is 1. The minimum Gasteiger partial charge on any atom is -0.493 e. The minimum absolute atomic E-state index is 0.0800. The predicted octanol–water partition coefficient (Wildman–Crippen LogP) is 3.05. The SMILES string of the molecule is COc1cc2c(cc1OC)CN(c1ccc(C(=O)NCC(C)C)cn1)CC2. The van der Waals surface area contributed by atoms with Crippen LogP contribution in [0.1, 0.15) is 35.3 Å². The first-order valence-electron chi connectivity index (χ1n) is 9.24. The fourth-order valence-corrected chi connectivity index (χ4v) is 3.19. The second kappa shape index (κ2) is 8.29. The predicted molar refractivity (Wildman–Crippen MR) is 106 cm³/mol. The molecule has 1 aliphatic heterocycles. The molecule has 0 saturated carbocycles. The average Bonchev–Trinajstić information content (AvgIpc) is 2.70. The smallest absolute Gasteiger partial charge is 0.252 e. The van der Waals surface area contributed by atoms with Gasteiger partial charge in [0.15, 0.2) is 11.5 Å². The van der Waals surface area contributed by atoms with E-state index in [4.69, 9.17) is 9.47 Å². The van der Waals surface area contributed by atoms with Crippen LogP contribution in [0.5, 0.6) is 11.5 Å². The van der Waals surface area contributed by atoms with Crippen LogP contribution in [0.3, 0.4) is 0 Å². The lowest BCUT2D eigenvalue weighted by atomic mass is 9.98. The molecular formula is C21H27N3O3. The Morgan fingerprint density at radius 1 is 1.19 bits per heavy atom. The number of fused-ring (bicyclic) bond motifs is 1. The molecule has 0 radical (unpaired) electrons. The van der Waals surface area contributed by atoms with Crippen molar-refractivity contribution in [2.75, 3.05) is 32.2 Å². The molecule has 0 aliphatic carbocycles. The van der Waals surface area contributed by atoms with Gasteiger partial charge in [-0.25, -0.2) is 4.98 Å². The monoisotopic (exact) mass is 369 g/mol. The lowest BCUT2D eigenvalue weighted by Crippen LogP contribution is -2.31. The van der Waals surface area contributed by atoms with Crippen LogP contribution in [0.4, 0.5) is 5.82 Å². The molecular weight excluding hydrogens is 342 g/mol. The Bertz CT molecular complexity index is 803. The van der Waals surface area contributed by atoms with E-state index in [9.17, 15) is 4.79 Å². The van der Waals surface area contributed by atoms with Crippen molar-refractivity contribution in [2.45, 2.75) is 26.8 Å². The van der Waals surface area contributed by atoms with E-state index in [0.29, 0.717) is 18.0 Å². The van der Waals surface area contributed by atoms with Crippen molar-refractivity contribution in [3.05, 3.63) is 47.2 Å². The topological polar surface area (TPSA) is 63.7 Å². The van der Waals surface area contributed by atoms with Crippen molar-refractivity contribution in [1.29, 1.82) is 0 Å². The third-order valence-corrected chi connectivity index (χ3v) is 4.72. The molecule has 2 aromatic rings. The van der Waals surface area contributed by atoms with Crippen molar-refractivity contribution >= 4 is 11.7 Å². The second-order valence-electron chi connectivity index (χ2n) is 7.16. The Morgan fingerprint density at radius 3 is 2.48 bits per heavy atom. The average molecular weight is 369 g/mol. The third kappa shape index (κ3) is 4.32. The highest BCUT2D eigenvalue weighted by molar-refractivity contribution is 5.94. The highest BCUT2D eigenvalue weighted by Crippen LogP contribution is 2.34. The number of hydrogen-bond donors (Lipinski definition) is 1. The van der Waals surface area contributed by atoms with E-state index in [1.807, 2.05) is 18.2 Å². The largest absolute Gasteiger partial charge is 0.493 e. The van der Waals surface area contributed by atoms with Gasteiger partial charge < -0.3 is 19.7 Å². The van der Waals surface area contributed by atoms with Gasteiger partial charge in [-0.15, -0.1) is 0 Å². The maximum atomic E-state index is 12.1. The van der Waals surface area contributed by atoms with E-state index in [2.05, 4.69) is 35.1 Å². The Labute approximate surface area is 160 Å². The summed E-state index contributed by atoms with van der Waals surface area (Å²) in [4.78, 5) is 18.9. The molecule has 3 rings (SSSR count). The maximum absolute atomic E-state index is 12.1. The number of ether oxygens (including phenoxy) is 2. The van der Waals surface area contributed by atoms with Gasteiger partial charge in [0.2, 0.25) is 0 Å². The minimum atomic E-state index is -0.0800. The van der Waals surface area contributed by atoms with Crippen LogP contribution in [-0.2, 0) is 13.0 Å². The number of nitrogens with zero attached hydrogens (tertiary/aromatic N) is 2. The van der Waals surface area contributed by atoms with E-state index in [1.54, 1.807) is 20.4 Å². The van der Waals surface area contributed by atoms with Gasteiger partial charge in [0.25, 0.3) is 5.91 Å². The molecule has 27 heavy (non-hydrogen) atoms. The summed E-state index contributed by atoms with van der Waals surface area (Å²) in [6.45, 7) is 6.42. The lowest BCUT2D eigenvalue weighted by molar-refractivity contribution is 0.0948. The second-order valence-corrected chi connectivity index (χ2v) is 7.16. The Morgan fingerprint density at radius 2 is 1.89 bits per heavy atom. The molecule has 144 valence electrons. The quantitative estimate of drug-likeness (QED) is 0.848. The molecule has 1 amide bonds. The molecule has 0 spiro atoms. The molecule has 6 heteroatoms. The molecule has 6 nitrogen and oxygen atoms in total. The number of anilines is 1. The van der Waals surface area contributed by atoms with Crippen LogP contribution in [0.15, 0.2) is 30.5 Å². The normalized spacial score (nSPS) is 13.3. The van der Waals surface area contributed by atoms with Gasteiger partial charge in [-0.1, -0.05) is 13.8 Å². The van der Waals surface area contributed by atoms with Crippen LogP contribution in [0, 0.1) is 5.92 Å². The third-order valence-electron chi connectivity index (χ3n) is 4.72. The van der Waals surface area contributed by atoms with Crippen molar-refractivity contribution < 1.29 is 14.3 Å². The van der Waals surface area contributed by atoms with Crippen molar-refractivity contribution in [3.63, 3.8) is 0 Å². The maximum Gasteiger partial charge on any atom is 0.252 e. The van der Waals surface area contributed by atoms with Gasteiger partial charge in [0, 0.05) is 25.8 Å². The van der Waals surface area contributed by atoms with Gasteiger partial charge >= 0.3 is 0 Å². The first kappa shape index (κ1) is 19.0. The summed E-state index contributed by atoms with van der Waals surface area (Å²) in [5, 5.41) is 2.92. The number of amides is 1. The van der Waals surface area contributed by atoms with Crippen LogP contribution in [-0.4, -0.2) is 38.2 Å². The van der Waals surface area contributed by atoms with Crippen LogP contribution in [0.25, 0.3) is 0 Å². The highest BCUT2D eigenvalue weighted by Gasteiger charge is 2.20. The summed E-state index contributed by atoms with van der Waals surface area (Å²) in [7, 11) is 3.30. The molecule has 0 atom stereocenters. The first-order valence-corrected chi connectivity index (χ1v) is 9.24. The first-order chi connectivity index (χ1) is 13.0. The number of pyridine rings is 1. The van der Waals surface area contributed by atoms with E-state index >= 15 is 0 Å². The molecule has 1 aliphatic rings. The summed E-state index contributed by atoms with van der Waals surface area (Å²) in [5.41, 5.74) is 3.07. The molecule has 1 N–H and O–H groups in total. The number of benzene rings is 1. The summed E-state index contributed by atoms with van der Waals surface area (Å²) in [6, 6.07) is 7.84. The van der Waals surface area contributed by atoms with Crippen LogP contribution in [0.2, 0.25) is 0 Å². The van der Waals surface area contributed by atoms with Crippen molar-refractivity contribution in [2.24, 2.45) is 5.92 Å². The molecule has 1 aromatic heterocycles. The fraction of sp³-hybridized carbons (Fsp3) is 0.429. The zero-order chi connectivity index (χ0) is 19.4. The number of nitrogens with one attached hydrogen (secondary N) is 1. The van der Waals surface area contributed by atoms with Crippen LogP contribution < -0.4 is 19.7 Å². The molecule has 0 fully saturated rings. The van der Waals surface area contributed by atoms with Gasteiger partial charge in [0.05, 0.1) is 19.8 Å². The molecule has 1 aromatic carbocycles. The number of carbonyl (C=O) groups is 1. The van der Waals surface area contributed by atoms with Crippen LogP contribution >= 0.6 is 0 Å². The van der Waals surface area contributed by atoms with E-state index in [1.165, 1.54) is 11.1 Å². The Hall–Kier alpha value is -2.76. The highest BCUT2D eigenvalue weighted by atomic mass is 16.5. The number of carbonyl (C=O) groups excluding carboxylic acids is 1. The van der Waals surface area contributed by atoms with E-state index < -0.39 is 0 Å². The zero-order valence-electron chi connectivity index (χ0n) is 16.4. The Kier molecular flexibility index (Phi) is 5.84. The molecule has 0 bridgehead atoms. The number of hydrogen-bond acceptors (Lipinski definition) is 5. The molecule has 0 saturated heterocycles. The summed E-state index contributed by atoms with van der Waals surface area (Å²) in [5.74, 6) is 2.72. The van der Waals surface area contributed by atoms with E-state index in [-0.39, 0.29) is 5.91 Å². The molecule has 0 unspecified atom stereocenters. The molecule has 2 heterocycles. The lowest BCUT2D eigenvalue weighted by Gasteiger charge is -2.30. The zero-order valence-corrected chi connectivity index (χ0v) is 16.4. The standard InChI is InChI=1S/C21H27N3O3/c1-14(2)11-23-21(25)16-5-6-20(22-12-16)24-8-7-15-9-18(26-3)19(27-4)10-17(15)13-24/h5-6,9-10,12,14H,7-8,11,13H2,1-4H3,(H,23,25). The van der Waals surface area contributed by atoms with Crippen molar-refractivity contribution in [1.82, 2.24) is 10.3 Å². The number of methoxy groups -OCH3 is 2. The Balaban J connectivity index is 1.72. The van der Waals surface area contributed by atoms with Gasteiger partial charge in [0.1, 0.15) is 5.82 Å². The fourth-order valence-electron chi connectivity index (χ4n) is 3.19.